The number of nitriles is 1. The third kappa shape index (κ3) is 3.24. The minimum atomic E-state index is -0.0293. The van der Waals surface area contributed by atoms with Gasteiger partial charge >= 0.3 is 0 Å². The summed E-state index contributed by atoms with van der Waals surface area (Å²) in [4.78, 5) is 19.3. The Morgan fingerprint density at radius 3 is 2.65 bits per heavy atom. The lowest BCUT2D eigenvalue weighted by molar-refractivity contribution is 0.0709. The maximum Gasteiger partial charge on any atom is 0.255 e. The van der Waals surface area contributed by atoms with Gasteiger partial charge < -0.3 is 9.47 Å². The lowest BCUT2D eigenvalue weighted by Gasteiger charge is -2.33. The summed E-state index contributed by atoms with van der Waals surface area (Å²) in [5.74, 6) is 2.38. The van der Waals surface area contributed by atoms with Crippen molar-refractivity contribution in [3.63, 3.8) is 0 Å². The van der Waals surface area contributed by atoms with Gasteiger partial charge in [-0.2, -0.15) is 5.26 Å². The van der Waals surface area contributed by atoms with E-state index in [9.17, 15) is 10.1 Å². The molecule has 4 rings (SSSR count). The molecule has 0 unspecified atom stereocenters. The highest BCUT2D eigenvalue weighted by atomic mass is 16.2. The lowest BCUT2D eigenvalue weighted by Crippen LogP contribution is -2.38. The minimum absolute atomic E-state index is 0.0293. The van der Waals surface area contributed by atoms with Gasteiger partial charge in [0, 0.05) is 37.9 Å². The molecule has 0 bridgehead atoms. The third-order valence-electron chi connectivity index (χ3n) is 5.85. The van der Waals surface area contributed by atoms with E-state index in [1.165, 1.54) is 25.1 Å². The zero-order valence-electron chi connectivity index (χ0n) is 15.0. The quantitative estimate of drug-likeness (QED) is 0.848. The monoisotopic (exact) mass is 348 g/mol. The van der Waals surface area contributed by atoms with Crippen LogP contribution in [0.15, 0.2) is 36.7 Å². The van der Waals surface area contributed by atoms with E-state index in [4.69, 9.17) is 0 Å². The van der Waals surface area contributed by atoms with Gasteiger partial charge in [0.15, 0.2) is 0 Å². The molecule has 1 aromatic carbocycles. The molecule has 2 aromatic rings. The van der Waals surface area contributed by atoms with Gasteiger partial charge in [-0.05, 0) is 43.7 Å². The molecule has 2 aliphatic rings. The fourth-order valence-electron chi connectivity index (χ4n) is 4.07. The molecule has 0 atom stereocenters. The average molecular weight is 348 g/mol. The number of rotatable bonds is 4. The number of likely N-dealkylation sites (tertiary alicyclic amines) is 1. The van der Waals surface area contributed by atoms with Gasteiger partial charge in [-0.15, -0.1) is 0 Å². The second kappa shape index (κ2) is 7.33. The number of imidazole rings is 1. The van der Waals surface area contributed by atoms with E-state index in [1.807, 2.05) is 17.2 Å². The van der Waals surface area contributed by atoms with Crippen molar-refractivity contribution in [2.75, 3.05) is 13.1 Å². The number of carbonyl (C=O) groups is 1. The highest BCUT2D eigenvalue weighted by Crippen LogP contribution is 2.32. The summed E-state index contributed by atoms with van der Waals surface area (Å²) in [5.41, 5.74) is 0.968. The first-order valence-corrected chi connectivity index (χ1v) is 9.55. The molecule has 1 amide bonds. The SMILES string of the molecule is N#Cc1ccccc1C(=O)N1CCC(c2nccn2CC2CCC2)CC1. The Bertz CT molecular complexity index is 823. The van der Waals surface area contributed by atoms with Crippen molar-refractivity contribution in [1.82, 2.24) is 14.5 Å². The molecule has 1 saturated carbocycles. The summed E-state index contributed by atoms with van der Waals surface area (Å²) in [7, 11) is 0. The number of nitrogens with zero attached hydrogens (tertiary/aromatic N) is 4. The topological polar surface area (TPSA) is 61.9 Å². The predicted octanol–water partition coefficient (Wildman–Crippen LogP) is 3.57. The molecule has 134 valence electrons. The summed E-state index contributed by atoms with van der Waals surface area (Å²) in [5, 5.41) is 9.23. The molecule has 0 spiro atoms. The maximum atomic E-state index is 12.8. The summed E-state index contributed by atoms with van der Waals surface area (Å²) in [6, 6.07) is 9.19. The number of hydrogen-bond acceptors (Lipinski definition) is 3. The van der Waals surface area contributed by atoms with Crippen LogP contribution in [0.25, 0.3) is 0 Å². The molecule has 1 saturated heterocycles. The fraction of sp³-hybridized carbons (Fsp3) is 0.476. The third-order valence-corrected chi connectivity index (χ3v) is 5.85. The Morgan fingerprint density at radius 1 is 1.19 bits per heavy atom. The van der Waals surface area contributed by atoms with Crippen LogP contribution in [0.5, 0.6) is 0 Å². The number of carbonyl (C=O) groups excluding carboxylic acids is 1. The Labute approximate surface area is 154 Å². The lowest BCUT2D eigenvalue weighted by atomic mass is 9.85. The number of amides is 1. The molecular formula is C21H24N4O. The summed E-state index contributed by atoms with van der Waals surface area (Å²) >= 11 is 0. The van der Waals surface area contributed by atoms with Gasteiger partial charge in [0.05, 0.1) is 17.2 Å². The molecule has 0 radical (unpaired) electrons. The molecule has 1 aliphatic carbocycles. The van der Waals surface area contributed by atoms with Gasteiger partial charge in [-0.25, -0.2) is 4.98 Å². The molecule has 2 heterocycles. The normalized spacial score (nSPS) is 18.3. The molecule has 0 N–H and O–H groups in total. The van der Waals surface area contributed by atoms with Crippen molar-refractivity contribution in [2.24, 2.45) is 5.92 Å². The highest BCUT2D eigenvalue weighted by molar-refractivity contribution is 5.96. The molecule has 1 aliphatic heterocycles. The number of aromatic nitrogens is 2. The first-order chi connectivity index (χ1) is 12.8. The number of benzene rings is 1. The van der Waals surface area contributed by atoms with Gasteiger partial charge in [-0.3, -0.25) is 4.79 Å². The number of piperidine rings is 1. The smallest absolute Gasteiger partial charge is 0.255 e. The maximum absolute atomic E-state index is 12.8. The Hall–Kier alpha value is -2.61. The summed E-state index contributed by atoms with van der Waals surface area (Å²) in [6.45, 7) is 2.53. The summed E-state index contributed by atoms with van der Waals surface area (Å²) < 4.78 is 2.33. The van der Waals surface area contributed by atoms with E-state index in [0.29, 0.717) is 17.0 Å². The van der Waals surface area contributed by atoms with Crippen molar-refractivity contribution >= 4 is 5.91 Å². The van der Waals surface area contributed by atoms with Crippen molar-refractivity contribution in [1.29, 1.82) is 5.26 Å². The second-order valence-corrected chi connectivity index (χ2v) is 7.46. The van der Waals surface area contributed by atoms with Crippen LogP contribution in [0.2, 0.25) is 0 Å². The van der Waals surface area contributed by atoms with Crippen molar-refractivity contribution in [2.45, 2.75) is 44.6 Å². The van der Waals surface area contributed by atoms with Crippen LogP contribution in [0, 0.1) is 17.2 Å². The zero-order chi connectivity index (χ0) is 17.9. The number of hydrogen-bond donors (Lipinski definition) is 0. The highest BCUT2D eigenvalue weighted by Gasteiger charge is 2.28. The molecular weight excluding hydrogens is 324 g/mol. The predicted molar refractivity (Wildman–Crippen MR) is 98.6 cm³/mol. The second-order valence-electron chi connectivity index (χ2n) is 7.46. The van der Waals surface area contributed by atoms with Crippen molar-refractivity contribution < 1.29 is 4.79 Å². The molecule has 5 nitrogen and oxygen atoms in total. The van der Waals surface area contributed by atoms with Crippen molar-refractivity contribution in [3.8, 4) is 6.07 Å². The van der Waals surface area contributed by atoms with Crippen LogP contribution in [0.1, 0.15) is 59.8 Å². The van der Waals surface area contributed by atoms with E-state index >= 15 is 0 Å². The van der Waals surface area contributed by atoms with E-state index in [-0.39, 0.29) is 5.91 Å². The van der Waals surface area contributed by atoms with Crippen LogP contribution >= 0.6 is 0 Å². The van der Waals surface area contributed by atoms with Crippen LogP contribution in [0.4, 0.5) is 0 Å². The Morgan fingerprint density at radius 2 is 1.96 bits per heavy atom. The van der Waals surface area contributed by atoms with E-state index in [2.05, 4.69) is 21.8 Å². The molecule has 5 heteroatoms. The van der Waals surface area contributed by atoms with E-state index < -0.39 is 0 Å². The first-order valence-electron chi connectivity index (χ1n) is 9.55. The Balaban J connectivity index is 1.41. The van der Waals surface area contributed by atoms with E-state index in [1.54, 1.807) is 18.2 Å². The van der Waals surface area contributed by atoms with Crippen LogP contribution in [-0.4, -0.2) is 33.4 Å². The average Bonchev–Trinajstić information content (AvgIpc) is 3.12. The van der Waals surface area contributed by atoms with Gasteiger partial charge in [0.25, 0.3) is 5.91 Å². The van der Waals surface area contributed by atoms with E-state index in [0.717, 1.165) is 38.4 Å². The first kappa shape index (κ1) is 16.8. The molecule has 1 aromatic heterocycles. The van der Waals surface area contributed by atoms with Gasteiger partial charge in [0.2, 0.25) is 0 Å². The standard InChI is InChI=1S/C21H24N4O/c22-14-18-6-1-2-7-19(18)21(26)24-11-8-17(9-12-24)20-23-10-13-25(20)15-16-4-3-5-16/h1-2,6-7,10,13,16-17H,3-5,8-9,11-12,15H2. The zero-order valence-corrected chi connectivity index (χ0v) is 15.0. The van der Waals surface area contributed by atoms with Crippen molar-refractivity contribution in [3.05, 3.63) is 53.6 Å². The Kier molecular flexibility index (Phi) is 4.75. The van der Waals surface area contributed by atoms with Gasteiger partial charge in [0.1, 0.15) is 5.82 Å². The van der Waals surface area contributed by atoms with Crippen LogP contribution < -0.4 is 0 Å². The minimum Gasteiger partial charge on any atom is -0.339 e. The van der Waals surface area contributed by atoms with Crippen LogP contribution in [-0.2, 0) is 6.54 Å². The summed E-state index contributed by atoms with van der Waals surface area (Å²) in [6.07, 6.45) is 9.92. The molecule has 2 fully saturated rings. The fourth-order valence-corrected chi connectivity index (χ4v) is 4.07. The van der Waals surface area contributed by atoms with Gasteiger partial charge in [-0.1, -0.05) is 18.6 Å². The molecule has 26 heavy (non-hydrogen) atoms. The van der Waals surface area contributed by atoms with Crippen LogP contribution in [0.3, 0.4) is 0 Å². The largest absolute Gasteiger partial charge is 0.339 e.